The Morgan fingerprint density at radius 3 is 2.57 bits per heavy atom. The summed E-state index contributed by atoms with van der Waals surface area (Å²) in [5.74, 6) is -0.724. The molecule has 0 radical (unpaired) electrons. The van der Waals surface area contributed by atoms with Crippen molar-refractivity contribution < 1.29 is 17.6 Å². The van der Waals surface area contributed by atoms with E-state index in [1.807, 2.05) is 4.90 Å². The lowest BCUT2D eigenvalue weighted by Crippen LogP contribution is -2.43. The number of piperidine rings is 1. The van der Waals surface area contributed by atoms with Crippen LogP contribution in [0.2, 0.25) is 5.02 Å². The van der Waals surface area contributed by atoms with Crippen LogP contribution in [-0.4, -0.2) is 31.8 Å². The number of sulfonamides is 1. The molecule has 1 aliphatic heterocycles. The number of nitrogens with one attached hydrogen (secondary N) is 1. The van der Waals surface area contributed by atoms with Crippen LogP contribution in [0.3, 0.4) is 0 Å². The van der Waals surface area contributed by atoms with Crippen LogP contribution in [0, 0.1) is 5.82 Å². The van der Waals surface area contributed by atoms with Crippen molar-refractivity contribution >= 4 is 33.2 Å². The summed E-state index contributed by atoms with van der Waals surface area (Å²) >= 11 is 5.67. The number of rotatable bonds is 5. The molecule has 1 N–H and O–H groups in total. The number of benzene rings is 2. The van der Waals surface area contributed by atoms with Gasteiger partial charge in [0.15, 0.2) is 0 Å². The van der Waals surface area contributed by atoms with Gasteiger partial charge in [-0.25, -0.2) is 12.8 Å². The fourth-order valence-corrected chi connectivity index (χ4v) is 4.73. The van der Waals surface area contributed by atoms with E-state index in [0.29, 0.717) is 11.3 Å². The van der Waals surface area contributed by atoms with Crippen molar-refractivity contribution in [1.29, 1.82) is 0 Å². The number of carbonyl (C=O) groups excluding carboxylic acids is 1. The smallest absolute Gasteiger partial charge is 0.261 e. The molecule has 1 atom stereocenters. The summed E-state index contributed by atoms with van der Waals surface area (Å²) in [7, 11) is -3.92. The van der Waals surface area contributed by atoms with Crippen molar-refractivity contribution in [1.82, 2.24) is 4.90 Å². The molecule has 28 heavy (non-hydrogen) atoms. The van der Waals surface area contributed by atoms with Crippen LogP contribution in [0.4, 0.5) is 10.1 Å². The van der Waals surface area contributed by atoms with Crippen LogP contribution in [0.5, 0.6) is 0 Å². The Hall–Kier alpha value is -2.12. The molecule has 5 nitrogen and oxygen atoms in total. The summed E-state index contributed by atoms with van der Waals surface area (Å²) in [6.07, 6.45) is 4.07. The molecular weight excluding hydrogens is 403 g/mol. The van der Waals surface area contributed by atoms with Crippen molar-refractivity contribution in [2.45, 2.75) is 43.5 Å². The number of likely N-dealkylation sites (tertiary alicyclic amines) is 1. The van der Waals surface area contributed by atoms with Gasteiger partial charge in [-0.05, 0) is 68.1 Å². The van der Waals surface area contributed by atoms with Crippen LogP contribution >= 0.6 is 11.6 Å². The number of anilines is 1. The molecule has 1 heterocycles. The molecule has 1 amide bonds. The van der Waals surface area contributed by atoms with Crippen molar-refractivity contribution in [3.63, 3.8) is 0 Å². The van der Waals surface area contributed by atoms with Crippen molar-refractivity contribution in [3.8, 4) is 0 Å². The van der Waals surface area contributed by atoms with E-state index in [9.17, 15) is 17.6 Å². The topological polar surface area (TPSA) is 66.5 Å². The maximum Gasteiger partial charge on any atom is 0.261 e. The third kappa shape index (κ3) is 4.47. The molecule has 0 spiro atoms. The molecule has 1 aliphatic rings. The van der Waals surface area contributed by atoms with E-state index in [1.54, 1.807) is 24.3 Å². The minimum absolute atomic E-state index is 0.0359. The maximum absolute atomic E-state index is 13.3. The van der Waals surface area contributed by atoms with E-state index in [-0.39, 0.29) is 21.9 Å². The minimum atomic E-state index is -3.92. The van der Waals surface area contributed by atoms with Crippen molar-refractivity contribution in [3.05, 3.63) is 58.9 Å². The zero-order valence-electron chi connectivity index (χ0n) is 15.5. The zero-order valence-corrected chi connectivity index (χ0v) is 17.1. The molecule has 0 aromatic heterocycles. The number of nitrogens with zero attached hydrogens (tertiary/aromatic N) is 1. The van der Waals surface area contributed by atoms with Gasteiger partial charge < -0.3 is 4.90 Å². The van der Waals surface area contributed by atoms with Gasteiger partial charge in [0, 0.05) is 23.8 Å². The third-order valence-corrected chi connectivity index (χ3v) is 6.61. The molecule has 2 aromatic carbocycles. The summed E-state index contributed by atoms with van der Waals surface area (Å²) in [5, 5.41) is -0.268. The summed E-state index contributed by atoms with van der Waals surface area (Å²) in [5.41, 5.74) is 0.829. The monoisotopic (exact) mass is 424 g/mol. The quantitative estimate of drug-likeness (QED) is 0.757. The number of amides is 1. The average molecular weight is 425 g/mol. The Labute approximate surface area is 169 Å². The Bertz CT molecular complexity index is 964. The van der Waals surface area contributed by atoms with Crippen molar-refractivity contribution in [2.75, 3.05) is 11.3 Å². The fraction of sp³-hybridized carbons (Fsp3) is 0.350. The largest absolute Gasteiger partial charge is 0.336 e. The Kier molecular flexibility index (Phi) is 6.25. The highest BCUT2D eigenvalue weighted by molar-refractivity contribution is 7.92. The van der Waals surface area contributed by atoms with Gasteiger partial charge in [0.2, 0.25) is 0 Å². The molecule has 2 aromatic rings. The van der Waals surface area contributed by atoms with Crippen LogP contribution in [-0.2, 0) is 10.0 Å². The first-order valence-electron chi connectivity index (χ1n) is 9.20. The highest BCUT2D eigenvalue weighted by Gasteiger charge is 2.26. The van der Waals surface area contributed by atoms with Crippen LogP contribution in [0.1, 0.15) is 43.0 Å². The number of carbonyl (C=O) groups is 1. The van der Waals surface area contributed by atoms with Crippen molar-refractivity contribution in [2.24, 2.45) is 0 Å². The van der Waals surface area contributed by atoms with E-state index >= 15 is 0 Å². The first-order valence-corrected chi connectivity index (χ1v) is 11.1. The summed E-state index contributed by atoms with van der Waals surface area (Å²) in [6.45, 7) is 2.83. The second-order valence-corrected chi connectivity index (χ2v) is 8.90. The van der Waals surface area contributed by atoms with Crippen LogP contribution < -0.4 is 4.72 Å². The lowest BCUT2D eigenvalue weighted by Gasteiger charge is -2.35. The molecule has 0 saturated carbocycles. The van der Waals surface area contributed by atoms with Gasteiger partial charge in [-0.2, -0.15) is 0 Å². The Balaban J connectivity index is 1.75. The second kappa shape index (κ2) is 8.49. The molecule has 8 heteroatoms. The number of halogens is 2. The molecule has 1 fully saturated rings. The Morgan fingerprint density at radius 1 is 1.21 bits per heavy atom. The van der Waals surface area contributed by atoms with E-state index in [1.165, 1.54) is 0 Å². The molecule has 3 rings (SSSR count). The maximum atomic E-state index is 13.3. The van der Waals surface area contributed by atoms with E-state index in [0.717, 1.165) is 50.4 Å². The zero-order chi connectivity index (χ0) is 20.3. The lowest BCUT2D eigenvalue weighted by atomic mass is 9.99. The molecule has 150 valence electrons. The van der Waals surface area contributed by atoms with E-state index in [4.69, 9.17) is 11.6 Å². The molecule has 0 bridgehead atoms. The van der Waals surface area contributed by atoms with Crippen LogP contribution in [0.15, 0.2) is 47.4 Å². The van der Waals surface area contributed by atoms with Gasteiger partial charge in [0.1, 0.15) is 5.82 Å². The second-order valence-electron chi connectivity index (χ2n) is 6.82. The predicted octanol–water partition coefficient (Wildman–Crippen LogP) is 4.68. The first-order chi connectivity index (χ1) is 13.3. The standard InChI is InChI=1S/C20H22ClFN2O3S/c1-2-16-5-3-4-12-24(16)20(25)14-6-8-15(9-7-14)23-28(26,27)17-10-11-19(22)18(21)13-17/h6-11,13,16,23H,2-5,12H2,1H3. The highest BCUT2D eigenvalue weighted by atomic mass is 35.5. The normalized spacial score (nSPS) is 17.4. The summed E-state index contributed by atoms with van der Waals surface area (Å²) in [6, 6.07) is 9.75. The minimum Gasteiger partial charge on any atom is -0.336 e. The van der Waals surface area contributed by atoms with Gasteiger partial charge in [0.25, 0.3) is 15.9 Å². The van der Waals surface area contributed by atoms with Gasteiger partial charge in [-0.3, -0.25) is 9.52 Å². The third-order valence-electron chi connectivity index (χ3n) is 4.94. The lowest BCUT2D eigenvalue weighted by molar-refractivity contribution is 0.0608. The van der Waals surface area contributed by atoms with E-state index in [2.05, 4.69) is 11.6 Å². The number of hydrogen-bond donors (Lipinski definition) is 1. The Morgan fingerprint density at radius 2 is 1.93 bits per heavy atom. The van der Waals surface area contributed by atoms with Gasteiger partial charge in [-0.15, -0.1) is 0 Å². The molecular formula is C20H22ClFN2O3S. The van der Waals surface area contributed by atoms with Gasteiger partial charge >= 0.3 is 0 Å². The fourth-order valence-electron chi connectivity index (χ4n) is 3.40. The molecule has 1 saturated heterocycles. The summed E-state index contributed by atoms with van der Waals surface area (Å²) in [4.78, 5) is 14.6. The molecule has 1 unspecified atom stereocenters. The average Bonchev–Trinajstić information content (AvgIpc) is 2.69. The van der Waals surface area contributed by atoms with Crippen LogP contribution in [0.25, 0.3) is 0 Å². The highest BCUT2D eigenvalue weighted by Crippen LogP contribution is 2.24. The number of hydrogen-bond acceptors (Lipinski definition) is 3. The van der Waals surface area contributed by atoms with Gasteiger partial charge in [0.05, 0.1) is 9.92 Å². The molecule has 0 aliphatic carbocycles. The predicted molar refractivity (Wildman–Crippen MR) is 108 cm³/mol. The van der Waals surface area contributed by atoms with Gasteiger partial charge in [-0.1, -0.05) is 18.5 Å². The van der Waals surface area contributed by atoms with E-state index < -0.39 is 15.8 Å². The first kappa shape index (κ1) is 20.6. The summed E-state index contributed by atoms with van der Waals surface area (Å²) < 4.78 is 40.6. The SMILES string of the molecule is CCC1CCCCN1C(=O)c1ccc(NS(=O)(=O)c2ccc(F)c(Cl)c2)cc1.